The lowest BCUT2D eigenvalue weighted by atomic mass is 9.81. The van der Waals surface area contributed by atoms with Gasteiger partial charge in [-0.15, -0.1) is 11.8 Å². The normalized spacial score (nSPS) is 17.7. The summed E-state index contributed by atoms with van der Waals surface area (Å²) in [6.07, 6.45) is 5.63. The molecule has 0 fully saturated rings. The Bertz CT molecular complexity index is 686. The highest BCUT2D eigenvalue weighted by molar-refractivity contribution is 8.03. The van der Waals surface area contributed by atoms with E-state index in [1.807, 2.05) is 19.1 Å². The molecule has 1 aliphatic heterocycles. The third-order valence-corrected chi connectivity index (χ3v) is 4.89. The van der Waals surface area contributed by atoms with E-state index in [9.17, 15) is 10.1 Å². The molecule has 5 heteroatoms. The fourth-order valence-corrected chi connectivity index (χ4v) is 3.87. The van der Waals surface area contributed by atoms with Crippen LogP contribution in [0.1, 0.15) is 45.1 Å². The quantitative estimate of drug-likeness (QED) is 0.803. The van der Waals surface area contributed by atoms with Gasteiger partial charge in [-0.3, -0.25) is 9.78 Å². The van der Waals surface area contributed by atoms with E-state index < -0.39 is 0 Å². The Labute approximate surface area is 141 Å². The smallest absolute Gasteiger partial charge is 0.158 e. The molecule has 0 saturated heterocycles. The summed E-state index contributed by atoms with van der Waals surface area (Å²) < 4.78 is 0. The summed E-state index contributed by atoms with van der Waals surface area (Å²) >= 11 is 1.65. The molecule has 0 aliphatic carbocycles. The molecular weight excluding hydrogens is 306 g/mol. The Balaban J connectivity index is 2.50. The first-order valence-electron chi connectivity index (χ1n) is 7.75. The van der Waals surface area contributed by atoms with Gasteiger partial charge in [0.05, 0.1) is 22.6 Å². The largest absolute Gasteiger partial charge is 0.353 e. The Kier molecular flexibility index (Phi) is 6.00. The van der Waals surface area contributed by atoms with E-state index in [4.69, 9.17) is 0 Å². The number of hydrogen-bond donors (Lipinski definition) is 1. The van der Waals surface area contributed by atoms with Crippen molar-refractivity contribution in [1.29, 1.82) is 5.26 Å². The molecule has 2 heterocycles. The molecule has 1 aromatic rings. The average molecular weight is 327 g/mol. The number of hydrogen-bond acceptors (Lipinski definition) is 5. The van der Waals surface area contributed by atoms with Crippen LogP contribution in [0.5, 0.6) is 0 Å². The molecule has 1 N–H and O–H groups in total. The number of pyridine rings is 1. The summed E-state index contributed by atoms with van der Waals surface area (Å²) in [5.41, 5.74) is 2.96. The molecule has 120 valence electrons. The Hall–Kier alpha value is -2.06. The number of rotatable bonds is 6. The van der Waals surface area contributed by atoms with Crippen LogP contribution in [-0.2, 0) is 4.79 Å². The van der Waals surface area contributed by atoms with Gasteiger partial charge in [0.25, 0.3) is 0 Å². The molecule has 0 unspecified atom stereocenters. The van der Waals surface area contributed by atoms with Crippen LogP contribution < -0.4 is 5.32 Å². The first-order chi connectivity index (χ1) is 11.1. The number of thioether (sulfide) groups is 1. The molecule has 0 amide bonds. The van der Waals surface area contributed by atoms with Crippen molar-refractivity contribution in [3.63, 3.8) is 0 Å². The molecule has 0 saturated carbocycles. The Morgan fingerprint density at radius 1 is 1.52 bits per heavy atom. The summed E-state index contributed by atoms with van der Waals surface area (Å²) in [6.45, 7) is 5.59. The van der Waals surface area contributed by atoms with Crippen molar-refractivity contribution in [1.82, 2.24) is 10.3 Å². The lowest BCUT2D eigenvalue weighted by Crippen LogP contribution is -2.27. The number of Topliss-reactive ketones (excluding diaryl/α,β-unsaturated/α-hetero) is 1. The summed E-state index contributed by atoms with van der Waals surface area (Å²) in [5, 5.41) is 13.8. The maximum atomic E-state index is 12.2. The standard InChI is InChI=1S/C18H21N3OS/c1-4-5-9-23-18-15(10-19)17(14-7-6-8-20-11-14)16(13(3)22)12(2)21-18/h6-8,11,17,21H,4-5,9H2,1-3H3/t17-/m1/s1. The number of dihydropyridines is 1. The second-order valence-corrected chi connectivity index (χ2v) is 6.60. The van der Waals surface area contributed by atoms with Crippen molar-refractivity contribution < 1.29 is 4.79 Å². The third kappa shape index (κ3) is 3.83. The number of aromatic nitrogens is 1. The number of carbonyl (C=O) groups excluding carboxylic acids is 1. The van der Waals surface area contributed by atoms with E-state index in [0.717, 1.165) is 34.9 Å². The second kappa shape index (κ2) is 7.98. The molecule has 0 bridgehead atoms. The van der Waals surface area contributed by atoms with Crippen molar-refractivity contribution in [2.24, 2.45) is 0 Å². The molecule has 0 aromatic carbocycles. The number of ketones is 1. The minimum atomic E-state index is -0.337. The van der Waals surface area contributed by atoms with Crippen LogP contribution in [0.15, 0.2) is 46.4 Å². The van der Waals surface area contributed by atoms with E-state index in [0.29, 0.717) is 11.1 Å². The monoisotopic (exact) mass is 327 g/mol. The maximum Gasteiger partial charge on any atom is 0.158 e. The van der Waals surface area contributed by atoms with Crippen LogP contribution in [0.3, 0.4) is 0 Å². The number of nitrogens with zero attached hydrogens (tertiary/aromatic N) is 2. The summed E-state index contributed by atoms with van der Waals surface area (Å²) in [5.74, 6) is 0.595. The molecular formula is C18H21N3OS. The molecule has 0 spiro atoms. The van der Waals surface area contributed by atoms with Gasteiger partial charge in [0.1, 0.15) is 0 Å². The van der Waals surface area contributed by atoms with Crippen molar-refractivity contribution in [2.75, 3.05) is 5.75 Å². The van der Waals surface area contributed by atoms with Crippen LogP contribution >= 0.6 is 11.8 Å². The van der Waals surface area contributed by atoms with Crippen molar-refractivity contribution in [3.05, 3.63) is 52.0 Å². The molecule has 1 aliphatic rings. The third-order valence-electron chi connectivity index (χ3n) is 3.79. The van der Waals surface area contributed by atoms with E-state index >= 15 is 0 Å². The molecule has 0 radical (unpaired) electrons. The number of nitrogens with one attached hydrogen (secondary N) is 1. The summed E-state index contributed by atoms with van der Waals surface area (Å²) in [7, 11) is 0. The van der Waals surface area contributed by atoms with Crippen molar-refractivity contribution in [2.45, 2.75) is 39.5 Å². The van der Waals surface area contributed by atoms with Gasteiger partial charge in [0, 0.05) is 23.7 Å². The van der Waals surface area contributed by atoms with E-state index in [1.54, 1.807) is 31.1 Å². The summed E-state index contributed by atoms with van der Waals surface area (Å²) in [4.78, 5) is 16.3. The lowest BCUT2D eigenvalue weighted by molar-refractivity contribution is -0.113. The Morgan fingerprint density at radius 3 is 2.87 bits per heavy atom. The van der Waals surface area contributed by atoms with Gasteiger partial charge in [-0.2, -0.15) is 5.26 Å². The fraction of sp³-hybridized carbons (Fsp3) is 0.389. The first kappa shape index (κ1) is 17.3. The van der Waals surface area contributed by atoms with Crippen LogP contribution in [0.4, 0.5) is 0 Å². The zero-order valence-corrected chi connectivity index (χ0v) is 14.5. The maximum absolute atomic E-state index is 12.2. The first-order valence-corrected chi connectivity index (χ1v) is 8.74. The zero-order valence-electron chi connectivity index (χ0n) is 13.7. The van der Waals surface area contributed by atoms with Crippen LogP contribution in [0, 0.1) is 11.3 Å². The van der Waals surface area contributed by atoms with Crippen molar-refractivity contribution >= 4 is 17.5 Å². The average Bonchev–Trinajstić information content (AvgIpc) is 2.55. The van der Waals surface area contributed by atoms with Crippen molar-refractivity contribution in [3.8, 4) is 6.07 Å². The molecule has 23 heavy (non-hydrogen) atoms. The van der Waals surface area contributed by atoms with Gasteiger partial charge in [0.2, 0.25) is 0 Å². The highest BCUT2D eigenvalue weighted by atomic mass is 32.2. The lowest BCUT2D eigenvalue weighted by Gasteiger charge is -2.29. The molecule has 1 atom stereocenters. The highest BCUT2D eigenvalue weighted by Gasteiger charge is 2.32. The van der Waals surface area contributed by atoms with Gasteiger partial charge in [-0.1, -0.05) is 19.4 Å². The van der Waals surface area contributed by atoms with Gasteiger partial charge >= 0.3 is 0 Å². The van der Waals surface area contributed by atoms with E-state index in [1.165, 1.54) is 0 Å². The SMILES string of the molecule is CCCCSC1=C(C#N)[C@@H](c2cccnc2)C(C(C)=O)=C(C)N1. The second-order valence-electron chi connectivity index (χ2n) is 5.50. The number of carbonyl (C=O) groups is 1. The number of allylic oxidation sites excluding steroid dienone is 3. The van der Waals surface area contributed by atoms with E-state index in [2.05, 4.69) is 23.3 Å². The molecule has 4 nitrogen and oxygen atoms in total. The van der Waals surface area contributed by atoms with Crippen LogP contribution in [0.25, 0.3) is 0 Å². The number of nitriles is 1. The minimum Gasteiger partial charge on any atom is -0.353 e. The summed E-state index contributed by atoms with van der Waals surface area (Å²) in [6, 6.07) is 6.08. The zero-order chi connectivity index (χ0) is 16.8. The molecule has 2 rings (SSSR count). The predicted octanol–water partition coefficient (Wildman–Crippen LogP) is 3.90. The minimum absolute atomic E-state index is 0.0192. The Morgan fingerprint density at radius 2 is 2.30 bits per heavy atom. The van der Waals surface area contributed by atoms with Crippen LogP contribution in [0.2, 0.25) is 0 Å². The van der Waals surface area contributed by atoms with E-state index in [-0.39, 0.29) is 11.7 Å². The van der Waals surface area contributed by atoms with Gasteiger partial charge < -0.3 is 5.32 Å². The fourth-order valence-electron chi connectivity index (χ4n) is 2.69. The molecule has 1 aromatic heterocycles. The van der Waals surface area contributed by atoms with Crippen LogP contribution in [-0.4, -0.2) is 16.5 Å². The van der Waals surface area contributed by atoms with Gasteiger partial charge in [-0.05, 0) is 37.7 Å². The topological polar surface area (TPSA) is 65.8 Å². The highest BCUT2D eigenvalue weighted by Crippen LogP contribution is 2.40. The van der Waals surface area contributed by atoms with Gasteiger partial charge in [-0.25, -0.2) is 0 Å². The predicted molar refractivity (Wildman–Crippen MR) is 93.5 cm³/mol. The number of unbranched alkanes of at least 4 members (excludes halogenated alkanes) is 1. The van der Waals surface area contributed by atoms with Gasteiger partial charge in [0.15, 0.2) is 5.78 Å².